The largest absolute Gasteiger partial charge is 0.483 e. The fraction of sp³-hybridized carbons (Fsp3) is 0.417. The van der Waals surface area contributed by atoms with Gasteiger partial charge in [-0.15, -0.1) is 0 Å². The van der Waals surface area contributed by atoms with E-state index < -0.39 is 0 Å². The van der Waals surface area contributed by atoms with Gasteiger partial charge in [-0.25, -0.2) is 0 Å². The summed E-state index contributed by atoms with van der Waals surface area (Å²) in [5.41, 5.74) is 3.73. The fourth-order valence-corrected chi connectivity index (χ4v) is 3.91. The van der Waals surface area contributed by atoms with E-state index in [1.54, 1.807) is 34.1 Å². The molecule has 2 amide bonds. The standard InChI is InChI=1S/C24H28Cl2N2O4/c1-15-17(3)21(7-5-19(15)25)31-13-23(29)27-9-11-28(12-10-27)24(30)14-32-22-8-6-20(26)16(2)18(22)4/h5-8H,9-14H2,1-4H3. The number of nitrogens with zero attached hydrogens (tertiary/aromatic N) is 2. The van der Waals surface area contributed by atoms with E-state index in [2.05, 4.69) is 0 Å². The predicted octanol–water partition coefficient (Wildman–Crippen LogP) is 4.36. The molecule has 0 aliphatic carbocycles. The van der Waals surface area contributed by atoms with Gasteiger partial charge in [0.2, 0.25) is 0 Å². The number of hydrogen-bond acceptors (Lipinski definition) is 4. The van der Waals surface area contributed by atoms with E-state index in [4.69, 9.17) is 32.7 Å². The van der Waals surface area contributed by atoms with Crippen LogP contribution in [0.25, 0.3) is 0 Å². The van der Waals surface area contributed by atoms with Crippen molar-refractivity contribution in [2.24, 2.45) is 0 Å². The number of carbonyl (C=O) groups is 2. The minimum atomic E-state index is -0.104. The molecule has 8 heteroatoms. The summed E-state index contributed by atoms with van der Waals surface area (Å²) >= 11 is 12.2. The highest BCUT2D eigenvalue weighted by Gasteiger charge is 2.25. The number of hydrogen-bond donors (Lipinski definition) is 0. The number of halogens is 2. The Labute approximate surface area is 199 Å². The molecule has 1 saturated heterocycles. The van der Waals surface area contributed by atoms with Gasteiger partial charge >= 0.3 is 0 Å². The van der Waals surface area contributed by atoms with E-state index in [9.17, 15) is 9.59 Å². The van der Waals surface area contributed by atoms with Crippen LogP contribution in [0.5, 0.6) is 11.5 Å². The monoisotopic (exact) mass is 478 g/mol. The third-order valence-electron chi connectivity index (χ3n) is 6.03. The molecule has 0 spiro atoms. The van der Waals surface area contributed by atoms with Crippen molar-refractivity contribution in [3.05, 3.63) is 56.6 Å². The van der Waals surface area contributed by atoms with Gasteiger partial charge in [-0.05, 0) is 74.2 Å². The van der Waals surface area contributed by atoms with E-state index in [1.807, 2.05) is 27.7 Å². The molecule has 0 aromatic heterocycles. The van der Waals surface area contributed by atoms with Crippen LogP contribution < -0.4 is 9.47 Å². The van der Waals surface area contributed by atoms with Crippen LogP contribution in [0.15, 0.2) is 24.3 Å². The molecule has 2 aromatic rings. The van der Waals surface area contributed by atoms with E-state index in [-0.39, 0.29) is 25.0 Å². The number of amides is 2. The average Bonchev–Trinajstić information content (AvgIpc) is 2.80. The maximum atomic E-state index is 12.6. The highest BCUT2D eigenvalue weighted by atomic mass is 35.5. The minimum absolute atomic E-state index is 0.0475. The smallest absolute Gasteiger partial charge is 0.260 e. The maximum Gasteiger partial charge on any atom is 0.260 e. The molecule has 0 unspecified atom stereocenters. The molecule has 0 radical (unpaired) electrons. The lowest BCUT2D eigenvalue weighted by molar-refractivity contribution is -0.141. The molecular formula is C24H28Cl2N2O4. The Morgan fingerprint density at radius 1 is 0.688 bits per heavy atom. The van der Waals surface area contributed by atoms with Crippen molar-refractivity contribution in [1.29, 1.82) is 0 Å². The molecule has 1 fully saturated rings. The number of piperazine rings is 1. The Hall–Kier alpha value is -2.44. The zero-order valence-electron chi connectivity index (χ0n) is 18.8. The SMILES string of the molecule is Cc1c(Cl)ccc(OCC(=O)N2CCN(C(=O)COc3ccc(Cl)c(C)c3C)CC2)c1C. The second-order valence-corrected chi connectivity index (χ2v) is 8.74. The normalized spacial score (nSPS) is 13.8. The maximum absolute atomic E-state index is 12.6. The molecular weight excluding hydrogens is 451 g/mol. The van der Waals surface area contributed by atoms with Gasteiger partial charge < -0.3 is 19.3 Å². The van der Waals surface area contributed by atoms with Crippen LogP contribution in [0.2, 0.25) is 10.0 Å². The Bertz CT molecular complexity index is 936. The molecule has 0 saturated carbocycles. The quantitative estimate of drug-likeness (QED) is 0.618. The van der Waals surface area contributed by atoms with Crippen LogP contribution in [0.4, 0.5) is 0 Å². The Morgan fingerprint density at radius 3 is 1.38 bits per heavy atom. The molecule has 6 nitrogen and oxygen atoms in total. The Kier molecular flexibility index (Phi) is 7.91. The van der Waals surface area contributed by atoms with Crippen LogP contribution in [0, 0.1) is 27.7 Å². The molecule has 1 aliphatic rings. The van der Waals surface area contributed by atoms with Gasteiger partial charge in [0.1, 0.15) is 11.5 Å². The van der Waals surface area contributed by atoms with Gasteiger partial charge in [-0.3, -0.25) is 9.59 Å². The summed E-state index contributed by atoms with van der Waals surface area (Å²) in [4.78, 5) is 28.5. The topological polar surface area (TPSA) is 59.1 Å². The first-order valence-corrected chi connectivity index (χ1v) is 11.3. The van der Waals surface area contributed by atoms with Crippen molar-refractivity contribution >= 4 is 35.0 Å². The Balaban J connectivity index is 1.46. The molecule has 1 heterocycles. The molecule has 0 bridgehead atoms. The minimum Gasteiger partial charge on any atom is -0.483 e. The predicted molar refractivity (Wildman–Crippen MR) is 126 cm³/mol. The number of ether oxygens (including phenoxy) is 2. The summed E-state index contributed by atoms with van der Waals surface area (Å²) in [5.74, 6) is 1.10. The molecule has 32 heavy (non-hydrogen) atoms. The summed E-state index contributed by atoms with van der Waals surface area (Å²) < 4.78 is 11.4. The number of benzene rings is 2. The summed E-state index contributed by atoms with van der Waals surface area (Å²) in [6, 6.07) is 7.09. The average molecular weight is 479 g/mol. The second kappa shape index (κ2) is 10.5. The van der Waals surface area contributed by atoms with Crippen LogP contribution in [-0.4, -0.2) is 61.0 Å². The molecule has 2 aromatic carbocycles. The third-order valence-corrected chi connectivity index (χ3v) is 6.85. The van der Waals surface area contributed by atoms with Gasteiger partial charge in [-0.1, -0.05) is 23.2 Å². The van der Waals surface area contributed by atoms with Crippen molar-refractivity contribution < 1.29 is 19.1 Å². The zero-order chi connectivity index (χ0) is 23.4. The highest BCUT2D eigenvalue weighted by molar-refractivity contribution is 6.31. The summed E-state index contributed by atoms with van der Waals surface area (Å²) in [6.07, 6.45) is 0. The summed E-state index contributed by atoms with van der Waals surface area (Å²) in [7, 11) is 0. The lowest BCUT2D eigenvalue weighted by Crippen LogP contribution is -2.52. The molecule has 1 aliphatic heterocycles. The van der Waals surface area contributed by atoms with E-state index >= 15 is 0 Å². The van der Waals surface area contributed by atoms with Crippen LogP contribution >= 0.6 is 23.2 Å². The summed E-state index contributed by atoms with van der Waals surface area (Å²) in [6.45, 7) is 9.43. The van der Waals surface area contributed by atoms with Gasteiger partial charge in [0.05, 0.1) is 0 Å². The van der Waals surface area contributed by atoms with Crippen molar-refractivity contribution in [1.82, 2.24) is 9.80 Å². The molecule has 172 valence electrons. The van der Waals surface area contributed by atoms with Crippen LogP contribution in [0.1, 0.15) is 22.3 Å². The van der Waals surface area contributed by atoms with E-state index in [1.165, 1.54) is 0 Å². The summed E-state index contributed by atoms with van der Waals surface area (Å²) in [5, 5.41) is 1.35. The van der Waals surface area contributed by atoms with Gasteiger partial charge in [0, 0.05) is 36.2 Å². The highest BCUT2D eigenvalue weighted by Crippen LogP contribution is 2.28. The first kappa shape index (κ1) is 24.2. The molecule has 3 rings (SSSR count). The first-order chi connectivity index (χ1) is 15.2. The number of carbonyl (C=O) groups excluding carboxylic acids is 2. The van der Waals surface area contributed by atoms with E-state index in [0.29, 0.717) is 47.7 Å². The molecule has 0 N–H and O–H groups in total. The van der Waals surface area contributed by atoms with Gasteiger partial charge in [-0.2, -0.15) is 0 Å². The van der Waals surface area contributed by atoms with Crippen molar-refractivity contribution in [3.63, 3.8) is 0 Å². The van der Waals surface area contributed by atoms with Crippen molar-refractivity contribution in [3.8, 4) is 11.5 Å². The van der Waals surface area contributed by atoms with Crippen molar-refractivity contribution in [2.45, 2.75) is 27.7 Å². The second-order valence-electron chi connectivity index (χ2n) is 7.93. The zero-order valence-corrected chi connectivity index (χ0v) is 20.3. The first-order valence-electron chi connectivity index (χ1n) is 10.5. The van der Waals surface area contributed by atoms with E-state index in [0.717, 1.165) is 22.3 Å². The molecule has 0 atom stereocenters. The van der Waals surface area contributed by atoms with Crippen LogP contribution in [0.3, 0.4) is 0 Å². The van der Waals surface area contributed by atoms with Gasteiger partial charge in [0.25, 0.3) is 11.8 Å². The van der Waals surface area contributed by atoms with Crippen LogP contribution in [-0.2, 0) is 9.59 Å². The van der Waals surface area contributed by atoms with Crippen molar-refractivity contribution in [2.75, 3.05) is 39.4 Å². The fourth-order valence-electron chi connectivity index (χ4n) is 3.51. The lowest BCUT2D eigenvalue weighted by Gasteiger charge is -2.34. The Morgan fingerprint density at radius 2 is 1.03 bits per heavy atom. The van der Waals surface area contributed by atoms with Gasteiger partial charge in [0.15, 0.2) is 13.2 Å². The third kappa shape index (κ3) is 5.48. The number of rotatable bonds is 6. The lowest BCUT2D eigenvalue weighted by atomic mass is 10.1.